The third-order valence-electron chi connectivity index (χ3n) is 4.33. The summed E-state index contributed by atoms with van der Waals surface area (Å²) in [4.78, 5) is 27.5. The van der Waals surface area contributed by atoms with Gasteiger partial charge in [0, 0.05) is 22.4 Å². The van der Waals surface area contributed by atoms with Crippen LogP contribution in [0.5, 0.6) is 0 Å². The third kappa shape index (κ3) is 3.13. The average molecular weight is 378 g/mol. The summed E-state index contributed by atoms with van der Waals surface area (Å²) in [5, 5.41) is 14.0. The first-order valence-corrected chi connectivity index (χ1v) is 9.21. The Kier molecular flexibility index (Phi) is 4.29. The first kappa shape index (κ1) is 17.1. The van der Waals surface area contributed by atoms with Crippen LogP contribution in [-0.4, -0.2) is 9.91 Å². The Balaban J connectivity index is 1.79. The molecule has 0 bridgehead atoms. The minimum absolute atomic E-state index is 0.0248. The lowest BCUT2D eigenvalue weighted by atomic mass is 10.1. The summed E-state index contributed by atoms with van der Waals surface area (Å²) in [6, 6.07) is 14.3. The van der Waals surface area contributed by atoms with E-state index in [4.69, 9.17) is 4.42 Å². The van der Waals surface area contributed by atoms with Gasteiger partial charge in [-0.3, -0.25) is 10.1 Å². The Morgan fingerprint density at radius 3 is 2.67 bits per heavy atom. The van der Waals surface area contributed by atoms with E-state index in [0.717, 1.165) is 17.7 Å². The summed E-state index contributed by atoms with van der Waals surface area (Å²) >= 11 is 1.34. The minimum Gasteiger partial charge on any atom is -0.415 e. The zero-order valence-corrected chi connectivity index (χ0v) is 15.2. The number of aryl methyl sites for hydroxylation is 1. The van der Waals surface area contributed by atoms with Crippen LogP contribution in [0.3, 0.4) is 0 Å². The van der Waals surface area contributed by atoms with E-state index in [1.54, 1.807) is 18.2 Å². The molecule has 0 amide bonds. The molecule has 0 saturated heterocycles. The van der Waals surface area contributed by atoms with Gasteiger partial charge in [0.05, 0.1) is 16.2 Å². The van der Waals surface area contributed by atoms with Gasteiger partial charge in [0.15, 0.2) is 0 Å². The van der Waals surface area contributed by atoms with E-state index in [2.05, 4.69) is 24.0 Å². The number of benzene rings is 2. The maximum absolute atomic E-state index is 12.4. The molecule has 2 aromatic heterocycles. The van der Waals surface area contributed by atoms with Gasteiger partial charge in [-0.25, -0.2) is 9.78 Å². The number of aromatic nitrogens is 1. The molecule has 4 aromatic rings. The lowest BCUT2D eigenvalue weighted by Crippen LogP contribution is -2.03. The maximum atomic E-state index is 12.4. The highest BCUT2D eigenvalue weighted by molar-refractivity contribution is 7.13. The molecule has 0 unspecified atom stereocenters. The van der Waals surface area contributed by atoms with Crippen molar-refractivity contribution in [3.05, 3.63) is 80.0 Å². The zero-order chi connectivity index (χ0) is 19.0. The normalized spacial score (nSPS) is 11.0. The van der Waals surface area contributed by atoms with Crippen molar-refractivity contribution < 1.29 is 9.34 Å². The fourth-order valence-corrected chi connectivity index (χ4v) is 3.70. The fraction of sp³-hybridized carbons (Fsp3) is 0.100. The molecule has 0 radical (unpaired) electrons. The monoisotopic (exact) mass is 378 g/mol. The number of hydrogen-bond donors (Lipinski definition) is 0. The van der Waals surface area contributed by atoms with E-state index in [9.17, 15) is 14.9 Å². The second-order valence-corrected chi connectivity index (χ2v) is 6.85. The number of nitro groups is 1. The summed E-state index contributed by atoms with van der Waals surface area (Å²) in [6.07, 6.45) is 0.965. The van der Waals surface area contributed by atoms with Gasteiger partial charge in [0.2, 0.25) is 5.58 Å². The van der Waals surface area contributed by atoms with Gasteiger partial charge in [-0.15, -0.1) is 11.3 Å². The molecule has 0 aliphatic heterocycles. The Hall–Kier alpha value is -3.32. The van der Waals surface area contributed by atoms with Crippen LogP contribution >= 0.6 is 11.3 Å². The molecule has 134 valence electrons. The molecular weight excluding hydrogens is 364 g/mol. The van der Waals surface area contributed by atoms with Crippen LogP contribution in [-0.2, 0) is 6.42 Å². The summed E-state index contributed by atoms with van der Waals surface area (Å²) in [7, 11) is 0. The Labute approximate surface area is 157 Å². The Morgan fingerprint density at radius 1 is 1.19 bits per heavy atom. The molecule has 4 rings (SSSR count). The quantitative estimate of drug-likeness (QED) is 0.282. The van der Waals surface area contributed by atoms with Gasteiger partial charge in [0.25, 0.3) is 0 Å². The van der Waals surface area contributed by atoms with Gasteiger partial charge in [-0.2, -0.15) is 0 Å². The van der Waals surface area contributed by atoms with Crippen molar-refractivity contribution in [2.45, 2.75) is 13.3 Å². The van der Waals surface area contributed by atoms with Crippen molar-refractivity contribution in [3.63, 3.8) is 0 Å². The number of para-hydroxylation sites is 1. The third-order valence-corrected chi connectivity index (χ3v) is 5.20. The van der Waals surface area contributed by atoms with E-state index in [1.807, 2.05) is 17.5 Å². The summed E-state index contributed by atoms with van der Waals surface area (Å²) in [6.45, 7) is 2.10. The van der Waals surface area contributed by atoms with Gasteiger partial charge in [0.1, 0.15) is 5.01 Å². The molecule has 0 aliphatic rings. The molecule has 0 saturated carbocycles. The smallest absolute Gasteiger partial charge is 0.346 e. The van der Waals surface area contributed by atoms with Crippen LogP contribution in [0.25, 0.3) is 32.8 Å². The molecule has 0 atom stereocenters. The van der Waals surface area contributed by atoms with Crippen molar-refractivity contribution in [1.82, 2.24) is 4.98 Å². The van der Waals surface area contributed by atoms with Crippen molar-refractivity contribution in [3.8, 4) is 21.8 Å². The van der Waals surface area contributed by atoms with Crippen molar-refractivity contribution in [2.24, 2.45) is 0 Å². The summed E-state index contributed by atoms with van der Waals surface area (Å²) in [5.74, 6) is 0. The molecular formula is C20H14N2O4S. The van der Waals surface area contributed by atoms with E-state index in [0.29, 0.717) is 16.0 Å². The van der Waals surface area contributed by atoms with Crippen LogP contribution in [0, 0.1) is 10.1 Å². The lowest BCUT2D eigenvalue weighted by Gasteiger charge is -2.01. The second kappa shape index (κ2) is 6.77. The van der Waals surface area contributed by atoms with Crippen molar-refractivity contribution >= 4 is 28.0 Å². The van der Waals surface area contributed by atoms with Crippen LogP contribution in [0.1, 0.15) is 12.5 Å². The van der Waals surface area contributed by atoms with E-state index in [-0.39, 0.29) is 11.3 Å². The number of thiazole rings is 1. The number of fused-ring (bicyclic) bond motifs is 1. The largest absolute Gasteiger partial charge is 0.415 e. The molecule has 0 spiro atoms. The second-order valence-electron chi connectivity index (χ2n) is 5.99. The highest BCUT2D eigenvalue weighted by Crippen LogP contribution is 2.31. The van der Waals surface area contributed by atoms with E-state index < -0.39 is 10.5 Å². The SMILES string of the molecule is CCc1ccc(-c2csc(-c3cc4cccc([N+](=O)[O-])c4oc3=O)n2)cc1. The number of hydrogen-bond acceptors (Lipinski definition) is 6. The number of rotatable bonds is 4. The van der Waals surface area contributed by atoms with Gasteiger partial charge in [-0.05, 0) is 18.1 Å². The van der Waals surface area contributed by atoms with Gasteiger partial charge < -0.3 is 4.42 Å². The van der Waals surface area contributed by atoms with Gasteiger partial charge >= 0.3 is 11.3 Å². The lowest BCUT2D eigenvalue weighted by molar-refractivity contribution is -0.383. The average Bonchev–Trinajstić information content (AvgIpc) is 3.17. The van der Waals surface area contributed by atoms with Crippen LogP contribution < -0.4 is 5.63 Å². The first-order valence-electron chi connectivity index (χ1n) is 8.33. The predicted octanol–water partition coefficient (Wildman–Crippen LogP) is 5.05. The molecule has 0 N–H and O–H groups in total. The number of nitrogens with zero attached hydrogens (tertiary/aromatic N) is 2. The van der Waals surface area contributed by atoms with Crippen molar-refractivity contribution in [1.29, 1.82) is 0 Å². The standard InChI is InChI=1S/C20H14N2O4S/c1-2-12-6-8-13(9-7-12)16-11-27-19(21-16)15-10-14-4-3-5-17(22(24)25)18(14)26-20(15)23/h3-11H,2H2,1H3. The highest BCUT2D eigenvalue weighted by Gasteiger charge is 2.18. The highest BCUT2D eigenvalue weighted by atomic mass is 32.1. The Morgan fingerprint density at radius 2 is 1.96 bits per heavy atom. The molecule has 0 aliphatic carbocycles. The topological polar surface area (TPSA) is 86.2 Å². The van der Waals surface area contributed by atoms with Crippen LogP contribution in [0.4, 0.5) is 5.69 Å². The summed E-state index contributed by atoms with van der Waals surface area (Å²) < 4.78 is 5.25. The van der Waals surface area contributed by atoms with E-state index in [1.165, 1.54) is 23.0 Å². The Bertz CT molecular complexity index is 1210. The minimum atomic E-state index is -0.640. The fourth-order valence-electron chi connectivity index (χ4n) is 2.86. The number of nitro benzene ring substituents is 1. The molecule has 2 heterocycles. The van der Waals surface area contributed by atoms with Crippen molar-refractivity contribution in [2.75, 3.05) is 0 Å². The number of non-ortho nitro benzene ring substituents is 1. The predicted molar refractivity (Wildman–Crippen MR) is 105 cm³/mol. The zero-order valence-electron chi connectivity index (χ0n) is 14.3. The van der Waals surface area contributed by atoms with Crippen LogP contribution in [0.15, 0.2) is 63.1 Å². The summed E-state index contributed by atoms with van der Waals surface area (Å²) in [5.41, 5.74) is 2.39. The van der Waals surface area contributed by atoms with Crippen LogP contribution in [0.2, 0.25) is 0 Å². The molecule has 27 heavy (non-hydrogen) atoms. The first-order chi connectivity index (χ1) is 13.1. The molecule has 2 aromatic carbocycles. The molecule has 6 nitrogen and oxygen atoms in total. The molecule has 0 fully saturated rings. The van der Waals surface area contributed by atoms with Gasteiger partial charge in [-0.1, -0.05) is 43.3 Å². The molecule has 7 heteroatoms. The van der Waals surface area contributed by atoms with E-state index >= 15 is 0 Å². The maximum Gasteiger partial charge on any atom is 0.346 e.